The first kappa shape index (κ1) is 19.9. The molecule has 28 heavy (non-hydrogen) atoms. The number of carboxylic acid groups (broad SMARTS) is 1. The number of hydrogen-bond acceptors (Lipinski definition) is 2. The molecule has 4 nitrogen and oxygen atoms in total. The molecule has 0 unspecified atom stereocenters. The predicted octanol–water partition coefficient (Wildman–Crippen LogP) is 4.50. The first-order valence-electron chi connectivity index (χ1n) is 9.03. The van der Waals surface area contributed by atoms with Crippen LogP contribution < -0.4 is 0 Å². The number of carbonyl (C=O) groups excluding carboxylic acids is 1. The molecule has 0 bridgehead atoms. The van der Waals surface area contributed by atoms with E-state index in [1.54, 1.807) is 29.2 Å². The number of nitrogens with zero attached hydrogens (tertiary/aromatic N) is 1. The Morgan fingerprint density at radius 2 is 1.71 bits per heavy atom. The molecular weight excluding hydrogens is 371 g/mol. The van der Waals surface area contributed by atoms with Crippen LogP contribution in [0.4, 0.5) is 13.2 Å². The van der Waals surface area contributed by atoms with Gasteiger partial charge >= 0.3 is 12.1 Å². The molecule has 1 N–H and O–H groups in total. The van der Waals surface area contributed by atoms with Crippen LogP contribution in [0, 0.1) is 5.92 Å². The van der Waals surface area contributed by atoms with E-state index in [-0.39, 0.29) is 17.0 Å². The fraction of sp³-hybridized carbons (Fsp3) is 0.333. The van der Waals surface area contributed by atoms with Crippen molar-refractivity contribution in [3.63, 3.8) is 0 Å². The van der Waals surface area contributed by atoms with Crippen molar-refractivity contribution in [3.05, 3.63) is 70.8 Å². The smallest absolute Gasteiger partial charge is 0.416 e. The van der Waals surface area contributed by atoms with Crippen molar-refractivity contribution in [1.29, 1.82) is 0 Å². The highest BCUT2D eigenvalue weighted by molar-refractivity contribution is 5.94. The first-order valence-corrected chi connectivity index (χ1v) is 9.03. The van der Waals surface area contributed by atoms with E-state index >= 15 is 0 Å². The zero-order valence-electron chi connectivity index (χ0n) is 15.1. The molecule has 2 aromatic carbocycles. The highest BCUT2D eigenvalue weighted by atomic mass is 19.4. The number of alkyl halides is 3. The second kappa shape index (κ2) is 8.04. The van der Waals surface area contributed by atoms with Crippen molar-refractivity contribution in [2.45, 2.75) is 25.4 Å². The molecule has 0 aliphatic carbocycles. The summed E-state index contributed by atoms with van der Waals surface area (Å²) in [7, 11) is 0. The summed E-state index contributed by atoms with van der Waals surface area (Å²) >= 11 is 0. The van der Waals surface area contributed by atoms with Gasteiger partial charge in [-0.2, -0.15) is 13.2 Å². The standard InChI is InChI=1S/C21H20F3NO3/c22-21(23,24)17-6-3-5-16(13-17)19(26)25-10-8-14(9-11-25)12-15-4-1-2-7-18(15)20(27)28/h1-7,13-14H,8-12H2,(H,27,28). The van der Waals surface area contributed by atoms with Gasteiger partial charge in [-0.25, -0.2) is 4.79 Å². The molecule has 148 valence electrons. The molecule has 1 heterocycles. The molecule has 1 saturated heterocycles. The van der Waals surface area contributed by atoms with Crippen LogP contribution in [0.3, 0.4) is 0 Å². The largest absolute Gasteiger partial charge is 0.478 e. The summed E-state index contributed by atoms with van der Waals surface area (Å²) in [5.74, 6) is -1.14. The predicted molar refractivity (Wildman–Crippen MR) is 97.2 cm³/mol. The summed E-state index contributed by atoms with van der Waals surface area (Å²) in [4.78, 5) is 25.5. The van der Waals surface area contributed by atoms with Gasteiger partial charge in [0.2, 0.25) is 0 Å². The molecule has 1 fully saturated rings. The highest BCUT2D eigenvalue weighted by Gasteiger charge is 2.32. The van der Waals surface area contributed by atoms with Crippen LogP contribution in [0.2, 0.25) is 0 Å². The summed E-state index contributed by atoms with van der Waals surface area (Å²) in [5, 5.41) is 9.28. The number of benzene rings is 2. The van der Waals surface area contributed by atoms with Gasteiger partial charge in [0, 0.05) is 18.7 Å². The number of carbonyl (C=O) groups is 2. The van der Waals surface area contributed by atoms with Crippen LogP contribution in [0.5, 0.6) is 0 Å². The number of aromatic carboxylic acids is 1. The van der Waals surface area contributed by atoms with Gasteiger partial charge in [-0.05, 0) is 55.0 Å². The maximum atomic E-state index is 12.9. The number of halogens is 3. The topological polar surface area (TPSA) is 57.6 Å². The van der Waals surface area contributed by atoms with Crippen LogP contribution in [0.15, 0.2) is 48.5 Å². The van der Waals surface area contributed by atoms with Gasteiger partial charge in [-0.15, -0.1) is 0 Å². The third-order valence-corrected chi connectivity index (χ3v) is 5.09. The number of likely N-dealkylation sites (tertiary alicyclic amines) is 1. The van der Waals surface area contributed by atoms with Crippen molar-refractivity contribution < 1.29 is 27.9 Å². The van der Waals surface area contributed by atoms with Gasteiger partial charge in [0.05, 0.1) is 11.1 Å². The summed E-state index contributed by atoms with van der Waals surface area (Å²) in [5.41, 5.74) is 0.241. The highest BCUT2D eigenvalue weighted by Crippen LogP contribution is 2.30. The SMILES string of the molecule is O=C(O)c1ccccc1CC1CCN(C(=O)c2cccc(C(F)(F)F)c2)CC1. The molecule has 1 aliphatic heterocycles. The lowest BCUT2D eigenvalue weighted by molar-refractivity contribution is -0.137. The van der Waals surface area contributed by atoms with E-state index < -0.39 is 23.6 Å². The van der Waals surface area contributed by atoms with E-state index in [1.807, 2.05) is 0 Å². The number of rotatable bonds is 4. The Labute approximate surface area is 160 Å². The molecule has 3 rings (SSSR count). The Balaban J connectivity index is 1.63. The zero-order valence-corrected chi connectivity index (χ0v) is 15.1. The van der Waals surface area contributed by atoms with Crippen LogP contribution in [-0.2, 0) is 12.6 Å². The minimum absolute atomic E-state index is 0.0319. The van der Waals surface area contributed by atoms with Crippen LogP contribution in [0.25, 0.3) is 0 Å². The van der Waals surface area contributed by atoms with Crippen molar-refractivity contribution in [3.8, 4) is 0 Å². The Kier molecular flexibility index (Phi) is 5.72. The van der Waals surface area contributed by atoms with E-state index in [2.05, 4.69) is 0 Å². The maximum absolute atomic E-state index is 12.9. The zero-order chi connectivity index (χ0) is 20.3. The fourth-order valence-corrected chi connectivity index (χ4v) is 3.57. The third kappa shape index (κ3) is 4.52. The van der Waals surface area contributed by atoms with Gasteiger partial charge in [0.1, 0.15) is 0 Å². The molecule has 1 aliphatic rings. The second-order valence-electron chi connectivity index (χ2n) is 6.98. The van der Waals surface area contributed by atoms with Crippen LogP contribution in [0.1, 0.15) is 44.7 Å². The fourth-order valence-electron chi connectivity index (χ4n) is 3.57. The van der Waals surface area contributed by atoms with Crippen molar-refractivity contribution in [1.82, 2.24) is 4.90 Å². The number of amides is 1. The average molecular weight is 391 g/mol. The number of piperidine rings is 1. The minimum atomic E-state index is -4.49. The lowest BCUT2D eigenvalue weighted by Crippen LogP contribution is -2.39. The molecule has 0 spiro atoms. The first-order chi connectivity index (χ1) is 13.3. The Hall–Kier alpha value is -2.83. The molecule has 0 radical (unpaired) electrons. The van der Waals surface area contributed by atoms with E-state index in [0.717, 1.165) is 17.7 Å². The van der Waals surface area contributed by atoms with E-state index in [1.165, 1.54) is 12.1 Å². The molecule has 0 aromatic heterocycles. The molecule has 1 amide bonds. The molecule has 0 atom stereocenters. The summed E-state index contributed by atoms with van der Waals surface area (Å²) < 4.78 is 38.6. The monoisotopic (exact) mass is 391 g/mol. The van der Waals surface area contributed by atoms with E-state index in [4.69, 9.17) is 0 Å². The van der Waals surface area contributed by atoms with Gasteiger partial charge in [-0.1, -0.05) is 24.3 Å². The normalized spacial score (nSPS) is 15.5. The lowest BCUT2D eigenvalue weighted by Gasteiger charge is -2.32. The average Bonchev–Trinajstić information content (AvgIpc) is 2.68. The van der Waals surface area contributed by atoms with Crippen LogP contribution in [-0.4, -0.2) is 35.0 Å². The molecule has 0 saturated carbocycles. The second-order valence-corrected chi connectivity index (χ2v) is 6.98. The molecule has 2 aromatic rings. The van der Waals surface area contributed by atoms with Crippen molar-refractivity contribution >= 4 is 11.9 Å². The maximum Gasteiger partial charge on any atom is 0.416 e. The Morgan fingerprint density at radius 3 is 2.36 bits per heavy atom. The van der Waals surface area contributed by atoms with Crippen molar-refractivity contribution in [2.24, 2.45) is 5.92 Å². The summed E-state index contributed by atoms with van der Waals surface area (Å²) in [6.07, 6.45) is -2.52. The molecular formula is C21H20F3NO3. The summed E-state index contributed by atoms with van der Waals surface area (Å²) in [6.45, 7) is 0.879. The van der Waals surface area contributed by atoms with Gasteiger partial charge in [0.15, 0.2) is 0 Å². The van der Waals surface area contributed by atoms with Gasteiger partial charge in [-0.3, -0.25) is 4.79 Å². The van der Waals surface area contributed by atoms with E-state index in [9.17, 15) is 27.9 Å². The minimum Gasteiger partial charge on any atom is -0.478 e. The van der Waals surface area contributed by atoms with E-state index in [0.29, 0.717) is 32.4 Å². The number of hydrogen-bond donors (Lipinski definition) is 1. The van der Waals surface area contributed by atoms with Crippen LogP contribution >= 0.6 is 0 Å². The summed E-state index contributed by atoms with van der Waals surface area (Å²) in [6, 6.07) is 11.3. The number of carboxylic acids is 1. The molecule has 7 heteroatoms. The van der Waals surface area contributed by atoms with Gasteiger partial charge in [0.25, 0.3) is 5.91 Å². The Morgan fingerprint density at radius 1 is 1.04 bits per heavy atom. The lowest BCUT2D eigenvalue weighted by atomic mass is 9.88. The quantitative estimate of drug-likeness (QED) is 0.835. The van der Waals surface area contributed by atoms with Crippen molar-refractivity contribution in [2.75, 3.05) is 13.1 Å². The third-order valence-electron chi connectivity index (χ3n) is 5.09. The van der Waals surface area contributed by atoms with Gasteiger partial charge < -0.3 is 10.0 Å². The Bertz CT molecular complexity index is 871.